The minimum atomic E-state index is -0.849. The summed E-state index contributed by atoms with van der Waals surface area (Å²) in [6.45, 7) is 4.87. The number of aliphatic hydroxyl groups is 2. The highest BCUT2D eigenvalue weighted by atomic mass is 16.5. The van der Waals surface area contributed by atoms with Crippen molar-refractivity contribution in [2.75, 3.05) is 13.2 Å². The van der Waals surface area contributed by atoms with Crippen LogP contribution in [0.4, 0.5) is 0 Å². The van der Waals surface area contributed by atoms with Crippen LogP contribution in [0.15, 0.2) is 36.5 Å². The van der Waals surface area contributed by atoms with Crippen molar-refractivity contribution in [1.82, 2.24) is 5.32 Å². The molecule has 6 nitrogen and oxygen atoms in total. The van der Waals surface area contributed by atoms with E-state index in [0.717, 1.165) is 51.4 Å². The van der Waals surface area contributed by atoms with Crippen molar-refractivity contribution in [3.05, 3.63) is 36.5 Å². The largest absolute Gasteiger partial charge is 0.466 e. The maximum atomic E-state index is 12.4. The lowest BCUT2D eigenvalue weighted by molar-refractivity contribution is -0.143. The van der Waals surface area contributed by atoms with Crippen LogP contribution in [0.1, 0.15) is 303 Å². The maximum Gasteiger partial charge on any atom is 0.305 e. The number of unbranched alkanes of at least 4 members (excludes halogenated alkanes) is 38. The minimum Gasteiger partial charge on any atom is -0.466 e. The molecular weight excluding hydrogens is 803 g/mol. The number of hydrogen-bond donors (Lipinski definition) is 3. The van der Waals surface area contributed by atoms with E-state index in [4.69, 9.17) is 4.74 Å². The lowest BCUT2D eigenvalue weighted by Crippen LogP contribution is -2.45. The number of esters is 1. The summed E-state index contributed by atoms with van der Waals surface area (Å²) in [6, 6.07) is -0.633. The second-order valence-corrected chi connectivity index (χ2v) is 19.6. The van der Waals surface area contributed by atoms with Crippen LogP contribution in [-0.4, -0.2) is 47.4 Å². The van der Waals surface area contributed by atoms with Crippen molar-refractivity contribution in [3.8, 4) is 0 Å². The van der Waals surface area contributed by atoms with E-state index in [1.54, 1.807) is 6.08 Å². The van der Waals surface area contributed by atoms with Crippen molar-refractivity contribution in [1.29, 1.82) is 0 Å². The average molecular weight is 915 g/mol. The van der Waals surface area contributed by atoms with Gasteiger partial charge in [-0.2, -0.15) is 0 Å². The van der Waals surface area contributed by atoms with Crippen LogP contribution in [0.25, 0.3) is 0 Å². The highest BCUT2D eigenvalue weighted by Gasteiger charge is 2.18. The van der Waals surface area contributed by atoms with Gasteiger partial charge in [-0.05, 0) is 83.5 Å². The highest BCUT2D eigenvalue weighted by Crippen LogP contribution is 2.16. The summed E-state index contributed by atoms with van der Waals surface area (Å²) in [4.78, 5) is 24.4. The lowest BCUT2D eigenvalue weighted by atomic mass is 10.0. The molecule has 0 aliphatic rings. The minimum absolute atomic E-state index is 0.00286. The summed E-state index contributed by atoms with van der Waals surface area (Å²) in [5.74, 6) is -0.0783. The molecule has 0 rings (SSSR count). The molecule has 0 heterocycles. The van der Waals surface area contributed by atoms with E-state index in [-0.39, 0.29) is 18.5 Å². The van der Waals surface area contributed by atoms with Gasteiger partial charge in [-0.25, -0.2) is 0 Å². The molecule has 0 aromatic heterocycles. The van der Waals surface area contributed by atoms with E-state index in [1.165, 1.54) is 225 Å². The third kappa shape index (κ3) is 51.3. The number of hydrogen-bond acceptors (Lipinski definition) is 5. The SMILES string of the molecule is CCCCC/C=C\CCCCCCCC(=O)OCCCCCCCCCCCC/C=C\CCCCCCCCCC(=O)NC(CO)C(O)/C=C/CCCCCCCCCCCCCCC. The van der Waals surface area contributed by atoms with Crippen LogP contribution in [0, 0.1) is 0 Å². The first-order valence-corrected chi connectivity index (χ1v) is 28.8. The molecule has 0 saturated carbocycles. The third-order valence-electron chi connectivity index (χ3n) is 13.1. The van der Waals surface area contributed by atoms with E-state index in [2.05, 4.69) is 43.5 Å². The summed E-state index contributed by atoms with van der Waals surface area (Å²) < 4.78 is 5.46. The smallest absolute Gasteiger partial charge is 0.305 e. The van der Waals surface area contributed by atoms with Gasteiger partial charge in [0.1, 0.15) is 0 Å². The molecule has 3 N–H and O–H groups in total. The number of nitrogens with one attached hydrogen (secondary N) is 1. The Morgan fingerprint density at radius 1 is 0.415 bits per heavy atom. The molecule has 1 amide bonds. The monoisotopic (exact) mass is 914 g/mol. The van der Waals surface area contributed by atoms with E-state index in [0.29, 0.717) is 19.4 Å². The van der Waals surface area contributed by atoms with Crippen LogP contribution in [0.3, 0.4) is 0 Å². The molecule has 65 heavy (non-hydrogen) atoms. The Morgan fingerprint density at radius 3 is 1.12 bits per heavy atom. The highest BCUT2D eigenvalue weighted by molar-refractivity contribution is 5.76. The Balaban J connectivity index is 3.46. The third-order valence-corrected chi connectivity index (χ3v) is 13.1. The number of ether oxygens (including phenoxy) is 1. The topological polar surface area (TPSA) is 95.9 Å². The zero-order valence-corrected chi connectivity index (χ0v) is 43.5. The number of allylic oxidation sites excluding steroid dienone is 5. The lowest BCUT2D eigenvalue weighted by Gasteiger charge is -2.20. The summed E-state index contributed by atoms with van der Waals surface area (Å²) in [6.07, 6.45) is 67.3. The molecule has 0 saturated heterocycles. The van der Waals surface area contributed by atoms with Crippen molar-refractivity contribution in [3.63, 3.8) is 0 Å². The number of amides is 1. The molecule has 0 spiro atoms. The molecule has 6 heteroatoms. The molecule has 0 radical (unpaired) electrons. The van der Waals surface area contributed by atoms with Gasteiger partial charge in [0.25, 0.3) is 0 Å². The molecule has 0 fully saturated rings. The summed E-state index contributed by atoms with van der Waals surface area (Å²) >= 11 is 0. The van der Waals surface area contributed by atoms with Crippen molar-refractivity contribution in [2.24, 2.45) is 0 Å². The Labute approximate surface area is 404 Å². The van der Waals surface area contributed by atoms with Crippen molar-refractivity contribution in [2.45, 2.75) is 315 Å². The number of carbonyl (C=O) groups excluding carboxylic acids is 2. The van der Waals surface area contributed by atoms with Gasteiger partial charge in [0, 0.05) is 12.8 Å². The molecule has 0 aromatic rings. The normalized spacial score (nSPS) is 12.9. The molecule has 0 aliphatic heterocycles. The average Bonchev–Trinajstić information content (AvgIpc) is 3.31. The predicted octanol–water partition coefficient (Wildman–Crippen LogP) is 17.6. The van der Waals surface area contributed by atoms with Crippen molar-refractivity contribution < 1.29 is 24.5 Å². The Hall–Kier alpha value is -1.92. The summed E-state index contributed by atoms with van der Waals surface area (Å²) in [7, 11) is 0. The van der Waals surface area contributed by atoms with E-state index in [9.17, 15) is 19.8 Å². The van der Waals surface area contributed by atoms with Gasteiger partial charge in [0.05, 0.1) is 25.4 Å². The van der Waals surface area contributed by atoms with Crippen LogP contribution in [-0.2, 0) is 14.3 Å². The first kappa shape index (κ1) is 63.1. The van der Waals surface area contributed by atoms with Gasteiger partial charge < -0.3 is 20.3 Å². The number of rotatable bonds is 53. The Bertz CT molecular complexity index is 1060. The fraction of sp³-hybridized carbons (Fsp3) is 0.864. The zero-order chi connectivity index (χ0) is 47.2. The van der Waals surface area contributed by atoms with E-state index in [1.807, 2.05) is 6.08 Å². The molecular formula is C59H111NO5. The second-order valence-electron chi connectivity index (χ2n) is 19.6. The van der Waals surface area contributed by atoms with Crippen molar-refractivity contribution >= 4 is 11.9 Å². The predicted molar refractivity (Wildman–Crippen MR) is 283 cm³/mol. The quantitative estimate of drug-likeness (QED) is 0.0321. The summed E-state index contributed by atoms with van der Waals surface area (Å²) in [5.41, 5.74) is 0. The number of aliphatic hydroxyl groups excluding tert-OH is 2. The molecule has 0 bridgehead atoms. The fourth-order valence-electron chi connectivity index (χ4n) is 8.68. The van der Waals surface area contributed by atoms with Gasteiger partial charge in [-0.1, -0.05) is 243 Å². The van der Waals surface area contributed by atoms with Gasteiger partial charge in [0.15, 0.2) is 0 Å². The maximum absolute atomic E-state index is 12.4. The molecule has 2 unspecified atom stereocenters. The molecule has 0 aliphatic carbocycles. The number of carbonyl (C=O) groups is 2. The van der Waals surface area contributed by atoms with Crippen LogP contribution in [0.2, 0.25) is 0 Å². The second kappa shape index (κ2) is 54.7. The first-order chi connectivity index (χ1) is 32.0. The van der Waals surface area contributed by atoms with Gasteiger partial charge >= 0.3 is 5.97 Å². The summed E-state index contributed by atoms with van der Waals surface area (Å²) in [5, 5.41) is 23.1. The van der Waals surface area contributed by atoms with Gasteiger partial charge in [-0.15, -0.1) is 0 Å². The van der Waals surface area contributed by atoms with Gasteiger partial charge in [-0.3, -0.25) is 9.59 Å². The van der Waals surface area contributed by atoms with Gasteiger partial charge in [0.2, 0.25) is 5.91 Å². The standard InChI is InChI=1S/C59H111NO5/c1-3-5-7-9-11-13-15-17-25-28-31-35-39-43-47-51-57(62)56(55-61)60-58(63)52-48-44-40-36-32-29-26-23-21-19-18-20-22-24-27-30-34-38-42-46-50-54-65-59(64)53-49-45-41-37-33-16-14-12-10-8-6-4-2/h12,14,19,21,47,51,56-57,61-62H,3-11,13,15-18,20,22-46,48-50,52-55H2,1-2H3,(H,60,63)/b14-12-,21-19-,51-47+. The van der Waals surface area contributed by atoms with E-state index >= 15 is 0 Å². The molecule has 2 atom stereocenters. The fourth-order valence-corrected chi connectivity index (χ4v) is 8.68. The van der Waals surface area contributed by atoms with Crippen LogP contribution in [0.5, 0.6) is 0 Å². The Kier molecular flexibility index (Phi) is 53.1. The first-order valence-electron chi connectivity index (χ1n) is 28.8. The van der Waals surface area contributed by atoms with E-state index < -0.39 is 12.1 Å². The zero-order valence-electron chi connectivity index (χ0n) is 43.5. The van der Waals surface area contributed by atoms with Crippen LogP contribution < -0.4 is 5.32 Å². The molecule has 0 aromatic carbocycles. The van der Waals surface area contributed by atoms with Crippen LogP contribution >= 0.6 is 0 Å². The molecule has 382 valence electrons. The Morgan fingerprint density at radius 2 is 0.723 bits per heavy atom.